The predicted molar refractivity (Wildman–Crippen MR) is 172 cm³/mol. The average Bonchev–Trinajstić information content (AvgIpc) is 3.70. The molecule has 0 bridgehead atoms. The fourth-order valence-corrected chi connectivity index (χ4v) is 7.33. The average molecular weight is 620 g/mol. The molecular weight excluding hydrogens is 567 g/mol. The van der Waals surface area contributed by atoms with E-state index in [2.05, 4.69) is 54.2 Å². The summed E-state index contributed by atoms with van der Waals surface area (Å²) in [6.07, 6.45) is 7.43. The van der Waals surface area contributed by atoms with E-state index >= 15 is 0 Å². The molecule has 7 heteroatoms. The van der Waals surface area contributed by atoms with Gasteiger partial charge in [0.05, 0.1) is 23.0 Å². The van der Waals surface area contributed by atoms with Gasteiger partial charge in [0, 0.05) is 22.7 Å². The van der Waals surface area contributed by atoms with Crippen LogP contribution in [0.15, 0.2) is 24.3 Å². The lowest BCUT2D eigenvalue weighted by atomic mass is 9.70. The molecule has 0 saturated heterocycles. The van der Waals surface area contributed by atoms with Gasteiger partial charge >= 0.3 is 6.18 Å². The van der Waals surface area contributed by atoms with Crippen LogP contribution in [0.4, 0.5) is 13.2 Å². The molecule has 2 fully saturated rings. The minimum Gasteiger partial charge on any atom is -0.388 e. The molecule has 1 N–H and O–H groups in total. The minimum atomic E-state index is -4.37. The second kappa shape index (κ2) is 13.0. The zero-order valence-corrected chi connectivity index (χ0v) is 28.1. The number of hydrogen-bond donors (Lipinski definition) is 2. The molecule has 3 aliphatic carbocycles. The second-order valence-electron chi connectivity index (χ2n) is 14.9. The van der Waals surface area contributed by atoms with Gasteiger partial charge in [0.1, 0.15) is 6.10 Å². The molecule has 2 aromatic rings. The summed E-state index contributed by atoms with van der Waals surface area (Å²) >= 11 is 3.53. The highest BCUT2D eigenvalue weighted by molar-refractivity contribution is 7.79. The van der Waals surface area contributed by atoms with Crippen LogP contribution >= 0.6 is 12.6 Å². The number of alkyl halides is 3. The summed E-state index contributed by atoms with van der Waals surface area (Å²) in [5.41, 5.74) is 5.36. The summed E-state index contributed by atoms with van der Waals surface area (Å²) in [6.45, 7) is 13.3. The third-order valence-corrected chi connectivity index (χ3v) is 9.92. The number of nitrogens with zero attached hydrogens (tertiary/aromatic N) is 1. The number of aliphatic hydroxyl groups excluding tert-OH is 1. The van der Waals surface area contributed by atoms with Gasteiger partial charge in [0.15, 0.2) is 0 Å². The molecule has 0 amide bonds. The summed E-state index contributed by atoms with van der Waals surface area (Å²) in [7, 11) is 0. The maximum absolute atomic E-state index is 13.3. The third-order valence-electron chi connectivity index (χ3n) is 9.92. The SMILES string of the molecule is CC1(C)Cc2nc(C3CCCC3)c3c(c2C(O)C1)C1(CCCC1)OC3c1ccc(C(F)(F)F)cc1.CCC(C)(C)C.CS. The van der Waals surface area contributed by atoms with Gasteiger partial charge in [-0.05, 0) is 78.9 Å². The molecule has 4 aliphatic rings. The maximum Gasteiger partial charge on any atom is 0.416 e. The molecular formula is C36H52F3NO2S. The molecule has 2 unspecified atom stereocenters. The number of aromatic nitrogens is 1. The van der Waals surface area contributed by atoms with Crippen LogP contribution in [0.2, 0.25) is 0 Å². The first-order chi connectivity index (χ1) is 20.1. The Balaban J connectivity index is 0.000000475. The van der Waals surface area contributed by atoms with Crippen molar-refractivity contribution in [3.8, 4) is 0 Å². The van der Waals surface area contributed by atoms with Crippen molar-refractivity contribution in [2.75, 3.05) is 6.26 Å². The largest absolute Gasteiger partial charge is 0.416 e. The van der Waals surface area contributed by atoms with E-state index in [4.69, 9.17) is 9.72 Å². The summed E-state index contributed by atoms with van der Waals surface area (Å²) in [5, 5.41) is 11.4. The molecule has 43 heavy (non-hydrogen) atoms. The molecule has 1 aliphatic heterocycles. The number of rotatable bonds is 2. The van der Waals surface area contributed by atoms with Crippen LogP contribution in [0.1, 0.15) is 163 Å². The van der Waals surface area contributed by atoms with E-state index in [1.807, 2.05) is 0 Å². The molecule has 240 valence electrons. The Morgan fingerprint density at radius 1 is 0.953 bits per heavy atom. The van der Waals surface area contributed by atoms with E-state index in [1.165, 1.54) is 19.3 Å². The number of ether oxygens (including phenoxy) is 1. The Labute approximate surface area is 262 Å². The molecule has 1 spiro atoms. The second-order valence-corrected chi connectivity index (χ2v) is 14.9. The molecule has 2 atom stereocenters. The van der Waals surface area contributed by atoms with Crippen molar-refractivity contribution >= 4 is 12.6 Å². The van der Waals surface area contributed by atoms with Crippen LogP contribution in [0.25, 0.3) is 0 Å². The Bertz CT molecular complexity index is 1240. The molecule has 0 radical (unpaired) electrons. The molecule has 6 rings (SSSR count). The fourth-order valence-electron chi connectivity index (χ4n) is 7.33. The van der Waals surface area contributed by atoms with Crippen LogP contribution in [0, 0.1) is 10.8 Å². The van der Waals surface area contributed by atoms with E-state index in [-0.39, 0.29) is 5.41 Å². The van der Waals surface area contributed by atoms with E-state index in [1.54, 1.807) is 18.4 Å². The van der Waals surface area contributed by atoms with E-state index in [0.29, 0.717) is 17.8 Å². The first-order valence-corrected chi connectivity index (χ1v) is 17.1. The number of halogens is 3. The van der Waals surface area contributed by atoms with Crippen molar-refractivity contribution in [3.05, 3.63) is 63.5 Å². The maximum atomic E-state index is 13.3. The predicted octanol–water partition coefficient (Wildman–Crippen LogP) is 10.6. The fraction of sp³-hybridized carbons (Fsp3) is 0.694. The Morgan fingerprint density at radius 2 is 1.51 bits per heavy atom. The molecule has 3 nitrogen and oxygen atoms in total. The minimum absolute atomic E-state index is 0.0320. The quantitative estimate of drug-likeness (QED) is 0.329. The molecule has 1 aromatic carbocycles. The summed E-state index contributed by atoms with van der Waals surface area (Å²) < 4.78 is 46.7. The normalized spacial score (nSPS) is 24.1. The lowest BCUT2D eigenvalue weighted by Gasteiger charge is -2.38. The number of hydrogen-bond acceptors (Lipinski definition) is 4. The molecule has 2 saturated carbocycles. The third kappa shape index (κ3) is 7.30. The zero-order chi connectivity index (χ0) is 31.8. The monoisotopic (exact) mass is 619 g/mol. The van der Waals surface area contributed by atoms with Crippen LogP contribution in [-0.4, -0.2) is 16.3 Å². The molecule has 2 heterocycles. The van der Waals surface area contributed by atoms with Crippen LogP contribution in [-0.2, 0) is 22.9 Å². The lowest BCUT2D eigenvalue weighted by Crippen LogP contribution is -2.32. The number of fused-ring (bicyclic) bond motifs is 4. The van der Waals surface area contributed by atoms with Crippen LogP contribution in [0.5, 0.6) is 0 Å². The summed E-state index contributed by atoms with van der Waals surface area (Å²) in [6, 6.07) is 5.47. The number of benzene rings is 1. The van der Waals surface area contributed by atoms with Crippen LogP contribution < -0.4 is 0 Å². The van der Waals surface area contributed by atoms with Crippen LogP contribution in [0.3, 0.4) is 0 Å². The Kier molecular flexibility index (Phi) is 10.4. The van der Waals surface area contributed by atoms with Crippen molar-refractivity contribution in [1.29, 1.82) is 0 Å². The van der Waals surface area contributed by atoms with Crippen molar-refractivity contribution in [2.45, 2.75) is 142 Å². The number of aliphatic hydroxyl groups is 1. The first-order valence-electron chi connectivity index (χ1n) is 16.2. The number of thiol groups is 1. The van der Waals surface area contributed by atoms with Gasteiger partial charge in [0.25, 0.3) is 0 Å². The topological polar surface area (TPSA) is 42.4 Å². The van der Waals surface area contributed by atoms with Crippen molar-refractivity contribution in [1.82, 2.24) is 4.98 Å². The zero-order valence-electron chi connectivity index (χ0n) is 27.2. The van der Waals surface area contributed by atoms with Gasteiger partial charge in [-0.3, -0.25) is 4.98 Å². The Morgan fingerprint density at radius 3 is 2.02 bits per heavy atom. The Hall–Kier alpha value is -1.57. The number of pyridine rings is 1. The van der Waals surface area contributed by atoms with Gasteiger partial charge in [-0.2, -0.15) is 25.8 Å². The highest BCUT2D eigenvalue weighted by atomic mass is 32.1. The van der Waals surface area contributed by atoms with Crippen molar-refractivity contribution < 1.29 is 23.0 Å². The summed E-state index contributed by atoms with van der Waals surface area (Å²) in [4.78, 5) is 5.28. The van der Waals surface area contributed by atoms with Crippen molar-refractivity contribution in [3.63, 3.8) is 0 Å². The van der Waals surface area contributed by atoms with E-state index in [9.17, 15) is 18.3 Å². The van der Waals surface area contributed by atoms with Gasteiger partial charge in [-0.1, -0.05) is 85.8 Å². The van der Waals surface area contributed by atoms with Crippen molar-refractivity contribution in [2.24, 2.45) is 10.8 Å². The van der Waals surface area contributed by atoms with Gasteiger partial charge in [-0.15, -0.1) is 0 Å². The summed E-state index contributed by atoms with van der Waals surface area (Å²) in [5.74, 6) is 0.341. The van der Waals surface area contributed by atoms with E-state index < -0.39 is 29.5 Å². The highest BCUT2D eigenvalue weighted by Gasteiger charge is 2.53. The smallest absolute Gasteiger partial charge is 0.388 e. The first kappa shape index (κ1) is 34.3. The highest BCUT2D eigenvalue weighted by Crippen LogP contribution is 2.60. The standard InChI is InChI=1S/C29H34F3NO2.C6H14.CH4S/c1-27(2)15-20-22(21(34)16-27)24-23(25(33-20)17-7-3-4-8-17)26(35-28(24)13-5-6-14-28)18-9-11-19(12-10-18)29(30,31)32;1-5-6(2,3)4;1-2/h9-12,17,21,26,34H,3-8,13-16H2,1-2H3;5H2,1-4H3;2H,1H3. The van der Waals surface area contributed by atoms with Gasteiger partial charge < -0.3 is 9.84 Å². The lowest BCUT2D eigenvalue weighted by molar-refractivity contribution is -0.137. The van der Waals surface area contributed by atoms with Gasteiger partial charge in [0.2, 0.25) is 0 Å². The van der Waals surface area contributed by atoms with Gasteiger partial charge in [-0.25, -0.2) is 0 Å². The van der Waals surface area contributed by atoms with E-state index in [0.717, 1.165) is 90.7 Å². The molecule has 1 aromatic heterocycles.